The van der Waals surface area contributed by atoms with Crippen molar-refractivity contribution in [2.24, 2.45) is 16.9 Å². The molecule has 0 heterocycles. The lowest BCUT2D eigenvalue weighted by Gasteiger charge is -2.33. The van der Waals surface area contributed by atoms with Gasteiger partial charge in [0.05, 0.1) is 11.0 Å². The van der Waals surface area contributed by atoms with E-state index in [9.17, 15) is 9.59 Å². The largest absolute Gasteiger partial charge is 0.369 e. The number of nitrogens with two attached hydrogens (primary N) is 2. The molecule has 0 spiro atoms. The summed E-state index contributed by atoms with van der Waals surface area (Å²) in [6.45, 7) is 3.65. The summed E-state index contributed by atoms with van der Waals surface area (Å²) in [5, 5.41) is 2.75. The molecule has 1 aliphatic rings. The van der Waals surface area contributed by atoms with Gasteiger partial charge in [0.15, 0.2) is 0 Å². The highest BCUT2D eigenvalue weighted by atomic mass is 16.2. The number of hydrogen-bond donors (Lipinski definition) is 3. The topological polar surface area (TPSA) is 98.2 Å². The molecule has 1 rings (SSSR count). The number of carbonyl (C=O) groups is 2. The summed E-state index contributed by atoms with van der Waals surface area (Å²) in [7, 11) is 0. The summed E-state index contributed by atoms with van der Waals surface area (Å²) in [5.41, 5.74) is 9.83. The van der Waals surface area contributed by atoms with Crippen molar-refractivity contribution in [3.8, 4) is 0 Å². The number of nitrogens with one attached hydrogen (secondary N) is 1. The van der Waals surface area contributed by atoms with Gasteiger partial charge >= 0.3 is 0 Å². The first-order chi connectivity index (χ1) is 7.78. The van der Waals surface area contributed by atoms with Crippen LogP contribution in [0.25, 0.3) is 0 Å². The summed E-state index contributed by atoms with van der Waals surface area (Å²) >= 11 is 0. The Morgan fingerprint density at radius 3 is 2.24 bits per heavy atom. The molecule has 0 unspecified atom stereocenters. The predicted octanol–water partition coefficient (Wildman–Crippen LogP) is 0.276. The number of rotatable bonds is 4. The number of primary amides is 1. The Balaban J connectivity index is 2.52. The highest BCUT2D eigenvalue weighted by Crippen LogP contribution is 2.26. The molecule has 0 radical (unpaired) electrons. The lowest BCUT2D eigenvalue weighted by Crippen LogP contribution is -2.57. The molecular weight excluding hydrogens is 218 g/mol. The molecule has 0 aromatic carbocycles. The molecule has 0 saturated heterocycles. The molecule has 0 atom stereocenters. The van der Waals surface area contributed by atoms with E-state index in [0.29, 0.717) is 0 Å². The molecule has 5 N–H and O–H groups in total. The van der Waals surface area contributed by atoms with E-state index in [4.69, 9.17) is 11.5 Å². The molecule has 0 aromatic rings. The molecule has 17 heavy (non-hydrogen) atoms. The maximum Gasteiger partial charge on any atom is 0.240 e. The molecule has 1 saturated carbocycles. The van der Waals surface area contributed by atoms with Gasteiger partial charge in [-0.05, 0) is 26.7 Å². The van der Waals surface area contributed by atoms with Crippen LogP contribution in [-0.4, -0.2) is 23.9 Å². The van der Waals surface area contributed by atoms with E-state index >= 15 is 0 Å². The van der Waals surface area contributed by atoms with Crippen molar-refractivity contribution in [2.75, 3.05) is 6.54 Å². The average molecular weight is 241 g/mol. The van der Waals surface area contributed by atoms with Crippen LogP contribution in [0.5, 0.6) is 0 Å². The van der Waals surface area contributed by atoms with Crippen molar-refractivity contribution in [3.63, 3.8) is 0 Å². The predicted molar refractivity (Wildman–Crippen MR) is 66.0 cm³/mol. The van der Waals surface area contributed by atoms with Gasteiger partial charge < -0.3 is 16.8 Å². The summed E-state index contributed by atoms with van der Waals surface area (Å²) in [5.74, 6) is -0.584. The van der Waals surface area contributed by atoms with E-state index in [-0.39, 0.29) is 12.5 Å². The van der Waals surface area contributed by atoms with Crippen molar-refractivity contribution in [1.29, 1.82) is 0 Å². The Labute approximate surface area is 102 Å². The van der Waals surface area contributed by atoms with Crippen LogP contribution >= 0.6 is 0 Å². The minimum atomic E-state index is -0.758. The average Bonchev–Trinajstić information content (AvgIpc) is 2.26. The number of carbonyl (C=O) groups excluding carboxylic acids is 2. The molecule has 0 aromatic heterocycles. The van der Waals surface area contributed by atoms with E-state index in [0.717, 1.165) is 32.1 Å². The zero-order valence-electron chi connectivity index (χ0n) is 10.7. The normalized spacial score (nSPS) is 19.7. The van der Waals surface area contributed by atoms with Crippen LogP contribution in [-0.2, 0) is 9.59 Å². The fourth-order valence-electron chi connectivity index (χ4n) is 1.97. The Bertz CT molecular complexity index is 307. The first kappa shape index (κ1) is 14.0. The Kier molecular flexibility index (Phi) is 4.14. The first-order valence-electron chi connectivity index (χ1n) is 6.15. The Hall–Kier alpha value is -1.10. The third-order valence-electron chi connectivity index (χ3n) is 3.56. The minimum Gasteiger partial charge on any atom is -0.369 e. The smallest absolute Gasteiger partial charge is 0.240 e. The number of amides is 2. The highest BCUT2D eigenvalue weighted by molar-refractivity contribution is 5.87. The van der Waals surface area contributed by atoms with Crippen LogP contribution < -0.4 is 16.8 Å². The van der Waals surface area contributed by atoms with Gasteiger partial charge in [-0.15, -0.1) is 0 Å². The van der Waals surface area contributed by atoms with Crippen LogP contribution in [0.15, 0.2) is 0 Å². The van der Waals surface area contributed by atoms with Gasteiger partial charge in [-0.1, -0.05) is 19.3 Å². The summed E-state index contributed by atoms with van der Waals surface area (Å²) in [6.07, 6.45) is 4.55. The zero-order chi connectivity index (χ0) is 13.1. The summed E-state index contributed by atoms with van der Waals surface area (Å²) in [6, 6.07) is 0. The summed E-state index contributed by atoms with van der Waals surface area (Å²) < 4.78 is 0. The zero-order valence-corrected chi connectivity index (χ0v) is 10.7. The molecule has 5 heteroatoms. The molecule has 0 bridgehead atoms. The molecule has 1 fully saturated rings. The monoisotopic (exact) mass is 241 g/mol. The second kappa shape index (κ2) is 5.04. The quantitative estimate of drug-likeness (QED) is 0.659. The van der Waals surface area contributed by atoms with Gasteiger partial charge in [0, 0.05) is 6.54 Å². The van der Waals surface area contributed by atoms with E-state index in [2.05, 4.69) is 5.32 Å². The van der Waals surface area contributed by atoms with Crippen molar-refractivity contribution in [2.45, 2.75) is 51.5 Å². The fraction of sp³-hybridized carbons (Fsp3) is 0.833. The minimum absolute atomic E-state index is 0.161. The molecule has 5 nitrogen and oxygen atoms in total. The molecular formula is C12H23N3O2. The van der Waals surface area contributed by atoms with Crippen molar-refractivity contribution >= 4 is 11.8 Å². The summed E-state index contributed by atoms with van der Waals surface area (Å²) in [4.78, 5) is 23.1. The maximum atomic E-state index is 12.0. The van der Waals surface area contributed by atoms with Crippen molar-refractivity contribution < 1.29 is 9.59 Å². The Morgan fingerprint density at radius 2 is 1.76 bits per heavy atom. The maximum absolute atomic E-state index is 12.0. The highest BCUT2D eigenvalue weighted by Gasteiger charge is 2.36. The first-order valence-corrected chi connectivity index (χ1v) is 6.15. The third kappa shape index (κ3) is 3.43. The van der Waals surface area contributed by atoms with Crippen LogP contribution in [0.3, 0.4) is 0 Å². The Morgan fingerprint density at radius 1 is 1.24 bits per heavy atom. The SMILES string of the molecule is CC(C)(CNC(=O)C1(N)CCCCC1)C(N)=O. The van der Waals surface area contributed by atoms with Crippen LogP contribution in [0.2, 0.25) is 0 Å². The van der Waals surface area contributed by atoms with E-state index < -0.39 is 16.9 Å². The molecule has 0 aliphatic heterocycles. The van der Waals surface area contributed by atoms with Crippen LogP contribution in [0.4, 0.5) is 0 Å². The van der Waals surface area contributed by atoms with E-state index in [1.165, 1.54) is 0 Å². The standard InChI is InChI=1S/C12H23N3O2/c1-11(2,9(13)16)8-15-10(17)12(14)6-4-3-5-7-12/h3-8,14H2,1-2H3,(H2,13,16)(H,15,17). The number of hydrogen-bond acceptors (Lipinski definition) is 3. The lowest BCUT2D eigenvalue weighted by atomic mass is 9.81. The second-order valence-corrected chi connectivity index (χ2v) is 5.65. The molecule has 1 aliphatic carbocycles. The van der Waals surface area contributed by atoms with Gasteiger partial charge in [-0.2, -0.15) is 0 Å². The lowest BCUT2D eigenvalue weighted by molar-refractivity contribution is -0.129. The van der Waals surface area contributed by atoms with Gasteiger partial charge in [0.2, 0.25) is 11.8 Å². The van der Waals surface area contributed by atoms with Crippen molar-refractivity contribution in [3.05, 3.63) is 0 Å². The van der Waals surface area contributed by atoms with Gasteiger partial charge in [-0.3, -0.25) is 9.59 Å². The van der Waals surface area contributed by atoms with E-state index in [1.807, 2.05) is 0 Å². The third-order valence-corrected chi connectivity index (χ3v) is 3.56. The van der Waals surface area contributed by atoms with Gasteiger partial charge in [0.1, 0.15) is 0 Å². The second-order valence-electron chi connectivity index (χ2n) is 5.65. The van der Waals surface area contributed by atoms with Crippen molar-refractivity contribution in [1.82, 2.24) is 5.32 Å². The fourth-order valence-corrected chi connectivity index (χ4v) is 1.97. The van der Waals surface area contributed by atoms with E-state index in [1.54, 1.807) is 13.8 Å². The van der Waals surface area contributed by atoms with Gasteiger partial charge in [0.25, 0.3) is 0 Å². The van der Waals surface area contributed by atoms with Gasteiger partial charge in [-0.25, -0.2) is 0 Å². The van der Waals surface area contributed by atoms with Crippen LogP contribution in [0.1, 0.15) is 46.0 Å². The molecule has 2 amide bonds. The van der Waals surface area contributed by atoms with Crippen LogP contribution in [0, 0.1) is 5.41 Å². The molecule has 98 valence electrons.